The van der Waals surface area contributed by atoms with Gasteiger partial charge in [-0.3, -0.25) is 4.79 Å². The maximum atomic E-state index is 12.0. The van der Waals surface area contributed by atoms with Crippen molar-refractivity contribution in [3.05, 3.63) is 48.0 Å². The van der Waals surface area contributed by atoms with Crippen LogP contribution in [0.25, 0.3) is 10.8 Å². The van der Waals surface area contributed by atoms with Crippen LogP contribution in [0.3, 0.4) is 0 Å². The van der Waals surface area contributed by atoms with Crippen molar-refractivity contribution in [2.24, 2.45) is 5.41 Å². The number of rotatable bonds is 4. The summed E-state index contributed by atoms with van der Waals surface area (Å²) in [6.45, 7) is 6.41. The first-order valence-corrected chi connectivity index (χ1v) is 8.36. The van der Waals surface area contributed by atoms with Crippen molar-refractivity contribution in [1.82, 2.24) is 0 Å². The second-order valence-corrected chi connectivity index (χ2v) is 6.37. The molecular weight excluding hydrogens is 329 g/mol. The molecule has 0 saturated heterocycles. The SMILES string of the molecule is CCC(C)(C(=O)O)C(F)(F)F.CCC(C)c1cccc2ccccc12. The summed E-state index contributed by atoms with van der Waals surface area (Å²) in [6.07, 6.45) is -3.92. The standard InChI is InChI=1S/C14H16.C6H9F3O2/c1-3-11(2)13-10-6-8-12-7-4-5-9-14(12)13;1-3-5(2,4(10)11)6(7,8)9/h4-11H,3H2,1-2H3;3H2,1-2H3,(H,10,11). The zero-order valence-electron chi connectivity index (χ0n) is 15.0. The van der Waals surface area contributed by atoms with E-state index in [1.165, 1.54) is 29.7 Å². The molecule has 2 atom stereocenters. The van der Waals surface area contributed by atoms with Gasteiger partial charge in [0.05, 0.1) is 0 Å². The molecule has 2 nitrogen and oxygen atoms in total. The van der Waals surface area contributed by atoms with E-state index in [1.54, 1.807) is 0 Å². The van der Waals surface area contributed by atoms with E-state index in [-0.39, 0.29) is 0 Å². The van der Waals surface area contributed by atoms with Crippen LogP contribution in [0.5, 0.6) is 0 Å². The number of alkyl halides is 3. The second-order valence-electron chi connectivity index (χ2n) is 6.37. The largest absolute Gasteiger partial charge is 0.481 e. The highest BCUT2D eigenvalue weighted by molar-refractivity contribution is 5.86. The molecule has 5 heteroatoms. The predicted molar refractivity (Wildman–Crippen MR) is 94.7 cm³/mol. The molecule has 1 N–H and O–H groups in total. The first kappa shape index (κ1) is 21.0. The maximum absolute atomic E-state index is 12.0. The molecule has 0 aliphatic rings. The highest BCUT2D eigenvalue weighted by Gasteiger charge is 2.55. The topological polar surface area (TPSA) is 37.3 Å². The molecule has 0 amide bonds. The van der Waals surface area contributed by atoms with Gasteiger partial charge in [0, 0.05) is 0 Å². The number of carbonyl (C=O) groups is 1. The summed E-state index contributed by atoms with van der Waals surface area (Å²) < 4.78 is 35.9. The van der Waals surface area contributed by atoms with Gasteiger partial charge in [0.2, 0.25) is 0 Å². The monoisotopic (exact) mass is 354 g/mol. The molecule has 2 rings (SSSR count). The lowest BCUT2D eigenvalue weighted by atomic mass is 9.87. The van der Waals surface area contributed by atoms with Crippen molar-refractivity contribution in [3.8, 4) is 0 Å². The summed E-state index contributed by atoms with van der Waals surface area (Å²) in [5.74, 6) is -1.17. The van der Waals surface area contributed by atoms with E-state index in [1.807, 2.05) is 0 Å². The number of fused-ring (bicyclic) bond motifs is 1. The van der Waals surface area contributed by atoms with Crippen LogP contribution in [-0.2, 0) is 4.79 Å². The van der Waals surface area contributed by atoms with Gasteiger partial charge in [-0.25, -0.2) is 0 Å². The van der Waals surface area contributed by atoms with E-state index in [0.29, 0.717) is 12.8 Å². The quantitative estimate of drug-likeness (QED) is 0.689. The normalized spacial score (nSPS) is 15.0. The number of hydrogen-bond acceptors (Lipinski definition) is 1. The highest BCUT2D eigenvalue weighted by atomic mass is 19.4. The Morgan fingerprint density at radius 1 is 1.08 bits per heavy atom. The third kappa shape index (κ3) is 4.74. The third-order valence-electron chi connectivity index (χ3n) is 4.77. The molecule has 138 valence electrons. The summed E-state index contributed by atoms with van der Waals surface area (Å²) in [6, 6.07) is 15.2. The summed E-state index contributed by atoms with van der Waals surface area (Å²) in [7, 11) is 0. The number of hydrogen-bond donors (Lipinski definition) is 1. The zero-order chi connectivity index (χ0) is 19.3. The van der Waals surface area contributed by atoms with E-state index < -0.39 is 24.0 Å². The molecule has 0 radical (unpaired) electrons. The Balaban J connectivity index is 0.000000260. The number of benzene rings is 2. The van der Waals surface area contributed by atoms with Crippen LogP contribution < -0.4 is 0 Å². The van der Waals surface area contributed by atoms with Crippen LogP contribution in [0.2, 0.25) is 0 Å². The molecule has 0 aliphatic carbocycles. The van der Waals surface area contributed by atoms with Crippen LogP contribution in [0, 0.1) is 5.41 Å². The predicted octanol–water partition coefficient (Wildman–Crippen LogP) is 6.40. The molecule has 0 spiro atoms. The molecule has 2 aromatic carbocycles. The Bertz CT molecular complexity index is 704. The van der Waals surface area contributed by atoms with Crippen molar-refractivity contribution in [2.75, 3.05) is 0 Å². The lowest BCUT2D eigenvalue weighted by Gasteiger charge is -2.25. The Hall–Kier alpha value is -2.04. The van der Waals surface area contributed by atoms with Crippen LogP contribution in [0.1, 0.15) is 52.0 Å². The van der Waals surface area contributed by atoms with Crippen molar-refractivity contribution in [3.63, 3.8) is 0 Å². The maximum Gasteiger partial charge on any atom is 0.404 e. The minimum Gasteiger partial charge on any atom is -0.481 e. The van der Waals surface area contributed by atoms with Crippen molar-refractivity contribution < 1.29 is 23.1 Å². The van der Waals surface area contributed by atoms with Crippen LogP contribution in [0.15, 0.2) is 42.5 Å². The average molecular weight is 354 g/mol. The first-order valence-electron chi connectivity index (χ1n) is 8.36. The molecule has 2 unspecified atom stereocenters. The molecular formula is C20H25F3O2. The summed E-state index contributed by atoms with van der Waals surface area (Å²) >= 11 is 0. The smallest absolute Gasteiger partial charge is 0.404 e. The molecule has 25 heavy (non-hydrogen) atoms. The van der Waals surface area contributed by atoms with Gasteiger partial charge in [-0.15, -0.1) is 0 Å². The number of halogens is 3. The van der Waals surface area contributed by atoms with Crippen molar-refractivity contribution in [1.29, 1.82) is 0 Å². The fourth-order valence-corrected chi connectivity index (χ4v) is 2.37. The summed E-state index contributed by atoms with van der Waals surface area (Å²) in [5.41, 5.74) is -1.13. The minimum absolute atomic E-state index is 0.453. The van der Waals surface area contributed by atoms with Crippen LogP contribution >= 0.6 is 0 Å². The summed E-state index contributed by atoms with van der Waals surface area (Å²) in [4.78, 5) is 10.2. The number of aliphatic carboxylic acids is 1. The van der Waals surface area contributed by atoms with Gasteiger partial charge in [-0.05, 0) is 42.0 Å². The molecule has 0 saturated carbocycles. The van der Waals surface area contributed by atoms with Crippen LogP contribution in [-0.4, -0.2) is 17.3 Å². The van der Waals surface area contributed by atoms with Gasteiger partial charge < -0.3 is 5.11 Å². The van der Waals surface area contributed by atoms with Gasteiger partial charge in [0.15, 0.2) is 5.41 Å². The molecule has 0 fully saturated rings. The lowest BCUT2D eigenvalue weighted by molar-refractivity contribution is -0.227. The van der Waals surface area contributed by atoms with Gasteiger partial charge in [0.25, 0.3) is 0 Å². The first-order chi connectivity index (χ1) is 11.6. The van der Waals surface area contributed by atoms with Crippen molar-refractivity contribution >= 4 is 16.7 Å². The van der Waals surface area contributed by atoms with E-state index in [0.717, 1.165) is 0 Å². The fourth-order valence-electron chi connectivity index (χ4n) is 2.37. The Labute approximate surface area is 146 Å². The van der Waals surface area contributed by atoms with E-state index in [2.05, 4.69) is 56.3 Å². The average Bonchev–Trinajstić information content (AvgIpc) is 2.59. The van der Waals surface area contributed by atoms with Gasteiger partial charge in [0.1, 0.15) is 0 Å². The second kappa shape index (κ2) is 8.37. The van der Waals surface area contributed by atoms with Gasteiger partial charge >= 0.3 is 12.1 Å². The van der Waals surface area contributed by atoms with Crippen molar-refractivity contribution in [2.45, 2.75) is 52.6 Å². The Kier molecular flexibility index (Phi) is 7.03. The molecule has 0 aromatic heterocycles. The Morgan fingerprint density at radius 3 is 2.08 bits per heavy atom. The number of carboxylic acids is 1. The van der Waals surface area contributed by atoms with E-state index in [9.17, 15) is 18.0 Å². The van der Waals surface area contributed by atoms with E-state index >= 15 is 0 Å². The number of carboxylic acid groups (broad SMARTS) is 1. The van der Waals surface area contributed by atoms with Gasteiger partial charge in [-0.1, -0.05) is 63.2 Å². The third-order valence-corrected chi connectivity index (χ3v) is 4.77. The minimum atomic E-state index is -4.67. The highest BCUT2D eigenvalue weighted by Crippen LogP contribution is 2.40. The van der Waals surface area contributed by atoms with E-state index in [4.69, 9.17) is 5.11 Å². The molecule has 2 aromatic rings. The van der Waals surface area contributed by atoms with Gasteiger partial charge in [-0.2, -0.15) is 13.2 Å². The van der Waals surface area contributed by atoms with Crippen LogP contribution in [0.4, 0.5) is 13.2 Å². The summed E-state index contributed by atoms with van der Waals surface area (Å²) in [5, 5.41) is 11.0. The molecule has 0 heterocycles. The molecule has 0 aliphatic heterocycles. The molecule has 0 bridgehead atoms. The Morgan fingerprint density at radius 2 is 1.64 bits per heavy atom. The lowest BCUT2D eigenvalue weighted by Crippen LogP contribution is -2.41. The zero-order valence-corrected chi connectivity index (χ0v) is 15.0. The fraction of sp³-hybridized carbons (Fsp3) is 0.450.